The monoisotopic (exact) mass is 260 g/mol. The van der Waals surface area contributed by atoms with Gasteiger partial charge in [-0.3, -0.25) is 0 Å². The average molecular weight is 260 g/mol. The molecular weight excluding hydrogens is 244 g/mol. The third-order valence-corrected chi connectivity index (χ3v) is 3.35. The minimum absolute atomic E-state index is 0.783. The Kier molecular flexibility index (Phi) is 3.13. The number of anilines is 2. The number of nitrogen functional groups attached to an aromatic ring is 2. The Labute approximate surface area is 118 Å². The van der Waals surface area contributed by atoms with Crippen molar-refractivity contribution >= 4 is 11.4 Å². The highest BCUT2D eigenvalue weighted by Crippen LogP contribution is 2.26. The fraction of sp³-hybridized carbons (Fsp3) is 0. The van der Waals surface area contributed by atoms with E-state index in [1.807, 2.05) is 42.5 Å². The molecule has 3 aromatic carbocycles. The molecule has 4 N–H and O–H groups in total. The van der Waals surface area contributed by atoms with Crippen molar-refractivity contribution < 1.29 is 0 Å². The van der Waals surface area contributed by atoms with E-state index < -0.39 is 0 Å². The van der Waals surface area contributed by atoms with Gasteiger partial charge in [0.05, 0.1) is 0 Å². The summed E-state index contributed by atoms with van der Waals surface area (Å²) >= 11 is 0. The second kappa shape index (κ2) is 5.10. The molecule has 0 heterocycles. The molecule has 0 atom stereocenters. The standard InChI is InChI=1S/C18H16N2/c19-17-10-8-14(9-11-17)13-4-6-15(7-5-13)16-2-1-3-18(20)12-16/h1-12H,19-20H2. The highest BCUT2D eigenvalue weighted by atomic mass is 14.5. The van der Waals surface area contributed by atoms with Gasteiger partial charge in [0.2, 0.25) is 0 Å². The van der Waals surface area contributed by atoms with Crippen LogP contribution in [-0.2, 0) is 0 Å². The molecule has 0 saturated heterocycles. The summed E-state index contributed by atoms with van der Waals surface area (Å²) in [6.45, 7) is 0. The summed E-state index contributed by atoms with van der Waals surface area (Å²) in [5, 5.41) is 0. The van der Waals surface area contributed by atoms with E-state index in [4.69, 9.17) is 11.5 Å². The van der Waals surface area contributed by atoms with Crippen LogP contribution in [0.2, 0.25) is 0 Å². The maximum absolute atomic E-state index is 5.82. The minimum Gasteiger partial charge on any atom is -0.399 e. The normalized spacial score (nSPS) is 10.4. The SMILES string of the molecule is Nc1ccc(-c2ccc(-c3cccc(N)c3)cc2)cc1. The smallest absolute Gasteiger partial charge is 0.0320 e. The largest absolute Gasteiger partial charge is 0.399 e. The summed E-state index contributed by atoms with van der Waals surface area (Å²) in [5.74, 6) is 0. The minimum atomic E-state index is 0.783. The maximum atomic E-state index is 5.82. The van der Waals surface area contributed by atoms with Crippen LogP contribution >= 0.6 is 0 Å². The lowest BCUT2D eigenvalue weighted by Gasteiger charge is -2.06. The van der Waals surface area contributed by atoms with Crippen molar-refractivity contribution in [1.82, 2.24) is 0 Å². The second-order valence-corrected chi connectivity index (χ2v) is 4.82. The van der Waals surface area contributed by atoms with E-state index in [2.05, 4.69) is 30.3 Å². The Hall–Kier alpha value is -2.74. The first-order valence-corrected chi connectivity index (χ1v) is 6.54. The Morgan fingerprint density at radius 1 is 0.450 bits per heavy atom. The summed E-state index contributed by atoms with van der Waals surface area (Å²) < 4.78 is 0. The summed E-state index contributed by atoms with van der Waals surface area (Å²) in [5.41, 5.74) is 17.7. The summed E-state index contributed by atoms with van der Waals surface area (Å²) in [6.07, 6.45) is 0. The number of rotatable bonds is 2. The summed E-state index contributed by atoms with van der Waals surface area (Å²) in [6, 6.07) is 24.3. The van der Waals surface area contributed by atoms with Gasteiger partial charge < -0.3 is 11.5 Å². The molecule has 2 nitrogen and oxygen atoms in total. The van der Waals surface area contributed by atoms with Crippen LogP contribution in [0, 0.1) is 0 Å². The Balaban J connectivity index is 1.93. The van der Waals surface area contributed by atoms with Crippen LogP contribution in [-0.4, -0.2) is 0 Å². The third-order valence-electron chi connectivity index (χ3n) is 3.35. The van der Waals surface area contributed by atoms with Crippen LogP contribution < -0.4 is 11.5 Å². The summed E-state index contributed by atoms with van der Waals surface area (Å²) in [4.78, 5) is 0. The van der Waals surface area contributed by atoms with E-state index in [0.717, 1.165) is 22.5 Å². The van der Waals surface area contributed by atoms with Gasteiger partial charge in [-0.1, -0.05) is 48.5 Å². The zero-order chi connectivity index (χ0) is 13.9. The lowest BCUT2D eigenvalue weighted by Crippen LogP contribution is -1.86. The van der Waals surface area contributed by atoms with Crippen molar-refractivity contribution in [2.24, 2.45) is 0 Å². The van der Waals surface area contributed by atoms with E-state index in [0.29, 0.717) is 0 Å². The zero-order valence-corrected chi connectivity index (χ0v) is 11.1. The molecule has 3 rings (SSSR count). The van der Waals surface area contributed by atoms with E-state index in [-0.39, 0.29) is 0 Å². The lowest BCUT2D eigenvalue weighted by atomic mass is 10.00. The van der Waals surface area contributed by atoms with Crippen molar-refractivity contribution in [2.75, 3.05) is 11.5 Å². The number of benzene rings is 3. The topological polar surface area (TPSA) is 52.0 Å². The molecule has 0 unspecified atom stereocenters. The highest BCUT2D eigenvalue weighted by Gasteiger charge is 2.00. The van der Waals surface area contributed by atoms with Crippen molar-refractivity contribution in [3.8, 4) is 22.3 Å². The van der Waals surface area contributed by atoms with E-state index in [1.165, 1.54) is 11.1 Å². The van der Waals surface area contributed by atoms with Gasteiger partial charge in [0, 0.05) is 11.4 Å². The third kappa shape index (κ3) is 2.50. The van der Waals surface area contributed by atoms with Crippen LogP contribution in [0.4, 0.5) is 11.4 Å². The van der Waals surface area contributed by atoms with Crippen LogP contribution in [0.1, 0.15) is 0 Å². The summed E-state index contributed by atoms with van der Waals surface area (Å²) in [7, 11) is 0. The molecule has 0 bridgehead atoms. The van der Waals surface area contributed by atoms with Gasteiger partial charge in [-0.2, -0.15) is 0 Å². The van der Waals surface area contributed by atoms with Gasteiger partial charge in [0.25, 0.3) is 0 Å². The van der Waals surface area contributed by atoms with E-state index in [9.17, 15) is 0 Å². The molecule has 0 saturated carbocycles. The van der Waals surface area contributed by atoms with Gasteiger partial charge in [-0.05, 0) is 46.5 Å². The quantitative estimate of drug-likeness (QED) is 0.679. The fourth-order valence-electron chi connectivity index (χ4n) is 2.25. The molecule has 2 heteroatoms. The fourth-order valence-corrected chi connectivity index (χ4v) is 2.25. The Bertz CT molecular complexity index is 713. The van der Waals surface area contributed by atoms with Crippen LogP contribution in [0.15, 0.2) is 72.8 Å². The molecule has 0 aliphatic carbocycles. The highest BCUT2D eigenvalue weighted by molar-refractivity contribution is 5.72. The van der Waals surface area contributed by atoms with Crippen molar-refractivity contribution in [1.29, 1.82) is 0 Å². The first-order chi connectivity index (χ1) is 9.72. The molecule has 0 aliphatic heterocycles. The van der Waals surface area contributed by atoms with Gasteiger partial charge in [-0.15, -0.1) is 0 Å². The van der Waals surface area contributed by atoms with Crippen molar-refractivity contribution in [3.63, 3.8) is 0 Å². The Morgan fingerprint density at radius 3 is 1.50 bits per heavy atom. The van der Waals surface area contributed by atoms with E-state index >= 15 is 0 Å². The van der Waals surface area contributed by atoms with Crippen molar-refractivity contribution in [2.45, 2.75) is 0 Å². The maximum Gasteiger partial charge on any atom is 0.0320 e. The van der Waals surface area contributed by atoms with Crippen LogP contribution in [0.5, 0.6) is 0 Å². The number of hydrogen-bond acceptors (Lipinski definition) is 2. The Morgan fingerprint density at radius 2 is 0.950 bits per heavy atom. The predicted molar refractivity (Wildman–Crippen MR) is 86.1 cm³/mol. The molecule has 0 amide bonds. The van der Waals surface area contributed by atoms with Gasteiger partial charge in [-0.25, -0.2) is 0 Å². The van der Waals surface area contributed by atoms with Gasteiger partial charge in [0.1, 0.15) is 0 Å². The molecule has 0 spiro atoms. The van der Waals surface area contributed by atoms with Crippen molar-refractivity contribution in [3.05, 3.63) is 72.8 Å². The first kappa shape index (κ1) is 12.3. The molecular formula is C18H16N2. The zero-order valence-electron chi connectivity index (χ0n) is 11.1. The van der Waals surface area contributed by atoms with E-state index in [1.54, 1.807) is 0 Å². The van der Waals surface area contributed by atoms with Gasteiger partial charge in [0.15, 0.2) is 0 Å². The molecule has 0 aromatic heterocycles. The molecule has 0 radical (unpaired) electrons. The lowest BCUT2D eigenvalue weighted by molar-refractivity contribution is 1.58. The molecule has 3 aromatic rings. The molecule has 0 aliphatic rings. The molecule has 98 valence electrons. The molecule has 0 fully saturated rings. The first-order valence-electron chi connectivity index (χ1n) is 6.54. The van der Waals surface area contributed by atoms with Crippen LogP contribution in [0.25, 0.3) is 22.3 Å². The predicted octanol–water partition coefficient (Wildman–Crippen LogP) is 4.19. The molecule has 20 heavy (non-hydrogen) atoms. The number of nitrogens with two attached hydrogens (primary N) is 2. The van der Waals surface area contributed by atoms with Crippen LogP contribution in [0.3, 0.4) is 0 Å². The second-order valence-electron chi connectivity index (χ2n) is 4.82. The number of hydrogen-bond donors (Lipinski definition) is 2. The average Bonchev–Trinajstić information content (AvgIpc) is 2.48. The van der Waals surface area contributed by atoms with Gasteiger partial charge >= 0.3 is 0 Å².